The third-order valence-electron chi connectivity index (χ3n) is 3.40. The number of nitrogens with zero attached hydrogens (tertiary/aromatic N) is 2. The molecule has 24 heavy (non-hydrogen) atoms. The monoisotopic (exact) mass is 340 g/mol. The van der Waals surface area contributed by atoms with Crippen molar-refractivity contribution in [2.45, 2.75) is 6.10 Å². The summed E-state index contributed by atoms with van der Waals surface area (Å²) >= 11 is 0. The summed E-state index contributed by atoms with van der Waals surface area (Å²) in [5, 5.41) is 19.7. The topological polar surface area (TPSA) is 128 Å². The fourth-order valence-corrected chi connectivity index (χ4v) is 2.16. The Bertz CT molecular complexity index is 648. The van der Waals surface area contributed by atoms with Gasteiger partial charge in [-0.05, 0) is 6.07 Å². The maximum absolute atomic E-state index is 12.1. The Balaban J connectivity index is 1.96. The molecular weight excluding hydrogens is 324 g/mol. The molecule has 1 fully saturated rings. The Morgan fingerprint density at radius 2 is 2.25 bits per heavy atom. The fraction of sp³-hybridized carbons (Fsp3) is 0.429. The van der Waals surface area contributed by atoms with E-state index in [4.69, 9.17) is 19.3 Å². The molecule has 1 amide bonds. The predicted molar refractivity (Wildman–Crippen MR) is 79.1 cm³/mol. The second kappa shape index (κ2) is 7.59. The fourth-order valence-electron chi connectivity index (χ4n) is 2.16. The van der Waals surface area contributed by atoms with Gasteiger partial charge in [0.05, 0.1) is 25.2 Å². The van der Waals surface area contributed by atoms with Gasteiger partial charge in [-0.2, -0.15) is 0 Å². The standard InChI is InChI=1S/C14H16N2O8/c1-22-11-6-9(2-3-10(11)16(20)21)24-8-13(17)15-4-5-23-12(7-15)14(18)19/h2-3,6,12H,4-5,7-8H2,1H3,(H,18,19). The summed E-state index contributed by atoms with van der Waals surface area (Å²) in [5.74, 6) is -1.29. The van der Waals surface area contributed by atoms with Gasteiger partial charge in [-0.3, -0.25) is 14.9 Å². The van der Waals surface area contributed by atoms with Gasteiger partial charge >= 0.3 is 11.7 Å². The van der Waals surface area contributed by atoms with Crippen LogP contribution in [0.5, 0.6) is 11.5 Å². The molecule has 0 aromatic heterocycles. The lowest BCUT2D eigenvalue weighted by molar-refractivity contribution is -0.385. The second-order valence-corrected chi connectivity index (χ2v) is 4.92. The van der Waals surface area contributed by atoms with Crippen LogP contribution in [-0.2, 0) is 14.3 Å². The van der Waals surface area contributed by atoms with Crippen molar-refractivity contribution in [2.24, 2.45) is 0 Å². The van der Waals surface area contributed by atoms with Crippen molar-refractivity contribution in [1.29, 1.82) is 0 Å². The molecule has 1 heterocycles. The van der Waals surface area contributed by atoms with Gasteiger partial charge in [0.15, 0.2) is 12.7 Å². The average Bonchev–Trinajstić information content (AvgIpc) is 2.59. The number of methoxy groups -OCH3 is 1. The Kier molecular flexibility index (Phi) is 5.53. The number of morpholine rings is 1. The number of ether oxygens (including phenoxy) is 3. The highest BCUT2D eigenvalue weighted by molar-refractivity contribution is 5.79. The molecule has 0 radical (unpaired) electrons. The first kappa shape index (κ1) is 17.5. The minimum absolute atomic E-state index is 0.0160. The maximum Gasteiger partial charge on any atom is 0.334 e. The van der Waals surface area contributed by atoms with Crippen molar-refractivity contribution in [1.82, 2.24) is 4.90 Å². The van der Waals surface area contributed by atoms with E-state index in [-0.39, 0.29) is 43.5 Å². The number of hydrogen-bond acceptors (Lipinski definition) is 7. The smallest absolute Gasteiger partial charge is 0.334 e. The molecule has 1 aromatic carbocycles. The van der Waals surface area contributed by atoms with Crippen LogP contribution < -0.4 is 9.47 Å². The lowest BCUT2D eigenvalue weighted by Gasteiger charge is -2.30. The lowest BCUT2D eigenvalue weighted by Crippen LogP contribution is -2.49. The molecular formula is C14H16N2O8. The van der Waals surface area contributed by atoms with Crippen molar-refractivity contribution in [3.8, 4) is 11.5 Å². The molecule has 130 valence electrons. The summed E-state index contributed by atoms with van der Waals surface area (Å²) in [6.45, 7) is 0.0258. The van der Waals surface area contributed by atoms with E-state index in [1.807, 2.05) is 0 Å². The maximum atomic E-state index is 12.1. The van der Waals surface area contributed by atoms with E-state index in [1.54, 1.807) is 0 Å². The van der Waals surface area contributed by atoms with Crippen LogP contribution in [-0.4, -0.2) is 66.3 Å². The van der Waals surface area contributed by atoms with E-state index in [0.717, 1.165) is 0 Å². The predicted octanol–water partition coefficient (Wildman–Crippen LogP) is 0.294. The summed E-state index contributed by atoms with van der Waals surface area (Å²) < 4.78 is 15.3. The molecule has 1 aromatic rings. The number of hydrogen-bond donors (Lipinski definition) is 1. The number of aliphatic carboxylic acids is 1. The quantitative estimate of drug-likeness (QED) is 0.578. The van der Waals surface area contributed by atoms with Gasteiger partial charge in [0.1, 0.15) is 5.75 Å². The van der Waals surface area contributed by atoms with Gasteiger partial charge in [0, 0.05) is 18.7 Å². The van der Waals surface area contributed by atoms with E-state index in [9.17, 15) is 19.7 Å². The van der Waals surface area contributed by atoms with Gasteiger partial charge in [-0.15, -0.1) is 0 Å². The number of carboxylic acid groups (broad SMARTS) is 1. The Morgan fingerprint density at radius 1 is 1.50 bits per heavy atom. The van der Waals surface area contributed by atoms with E-state index in [1.165, 1.54) is 30.2 Å². The molecule has 1 aliphatic rings. The molecule has 0 aliphatic carbocycles. The van der Waals surface area contributed by atoms with Gasteiger partial charge < -0.3 is 24.2 Å². The SMILES string of the molecule is COc1cc(OCC(=O)N2CCOC(C(=O)O)C2)ccc1[N+](=O)[O-]. The lowest BCUT2D eigenvalue weighted by atomic mass is 10.2. The number of carboxylic acids is 1. The van der Waals surface area contributed by atoms with Crippen molar-refractivity contribution >= 4 is 17.6 Å². The Hall–Kier alpha value is -2.88. The third-order valence-corrected chi connectivity index (χ3v) is 3.40. The van der Waals surface area contributed by atoms with Gasteiger partial charge in [0.25, 0.3) is 5.91 Å². The largest absolute Gasteiger partial charge is 0.490 e. The van der Waals surface area contributed by atoms with E-state index in [0.29, 0.717) is 0 Å². The Labute approximate surface area is 136 Å². The highest BCUT2D eigenvalue weighted by Gasteiger charge is 2.29. The van der Waals surface area contributed by atoms with Crippen LogP contribution in [0, 0.1) is 10.1 Å². The molecule has 2 rings (SSSR count). The van der Waals surface area contributed by atoms with Gasteiger partial charge in [-0.1, -0.05) is 0 Å². The van der Waals surface area contributed by atoms with Crippen LogP contribution in [0.15, 0.2) is 18.2 Å². The first-order valence-corrected chi connectivity index (χ1v) is 6.99. The molecule has 0 spiro atoms. The van der Waals surface area contributed by atoms with E-state index in [2.05, 4.69) is 0 Å². The number of carbonyl (C=O) groups excluding carboxylic acids is 1. The van der Waals surface area contributed by atoms with Crippen LogP contribution in [0.3, 0.4) is 0 Å². The number of nitro benzene ring substituents is 1. The molecule has 1 aliphatic heterocycles. The third kappa shape index (κ3) is 4.10. The Morgan fingerprint density at radius 3 is 2.88 bits per heavy atom. The zero-order chi connectivity index (χ0) is 17.7. The van der Waals surface area contributed by atoms with Crippen LogP contribution in [0.4, 0.5) is 5.69 Å². The van der Waals surface area contributed by atoms with Gasteiger partial charge in [-0.25, -0.2) is 4.79 Å². The number of nitro groups is 1. The van der Waals surface area contributed by atoms with Crippen molar-refractivity contribution in [3.05, 3.63) is 28.3 Å². The highest BCUT2D eigenvalue weighted by Crippen LogP contribution is 2.30. The minimum atomic E-state index is -1.13. The first-order chi connectivity index (χ1) is 11.4. The first-order valence-electron chi connectivity index (χ1n) is 6.99. The van der Waals surface area contributed by atoms with E-state index >= 15 is 0 Å². The van der Waals surface area contributed by atoms with Crippen molar-refractivity contribution in [3.63, 3.8) is 0 Å². The molecule has 10 heteroatoms. The molecule has 1 N–H and O–H groups in total. The summed E-state index contributed by atoms with van der Waals surface area (Å²) in [6, 6.07) is 3.88. The summed E-state index contributed by atoms with van der Waals surface area (Å²) in [6.07, 6.45) is -1.05. The molecule has 1 atom stereocenters. The van der Waals surface area contributed by atoms with Crippen molar-refractivity contribution in [2.75, 3.05) is 33.4 Å². The zero-order valence-electron chi connectivity index (χ0n) is 12.8. The molecule has 1 unspecified atom stereocenters. The summed E-state index contributed by atoms with van der Waals surface area (Å²) in [4.78, 5) is 34.5. The van der Waals surface area contributed by atoms with Crippen molar-refractivity contribution < 1.29 is 33.8 Å². The summed E-state index contributed by atoms with van der Waals surface area (Å²) in [7, 11) is 1.29. The summed E-state index contributed by atoms with van der Waals surface area (Å²) in [5.41, 5.74) is -0.214. The normalized spacial score (nSPS) is 17.2. The second-order valence-electron chi connectivity index (χ2n) is 4.92. The number of carbonyl (C=O) groups is 2. The molecule has 0 bridgehead atoms. The molecule has 1 saturated heterocycles. The average molecular weight is 340 g/mol. The van der Waals surface area contributed by atoms with Crippen LogP contribution in [0.1, 0.15) is 0 Å². The highest BCUT2D eigenvalue weighted by atomic mass is 16.6. The zero-order valence-corrected chi connectivity index (χ0v) is 12.8. The number of benzene rings is 1. The number of amides is 1. The van der Waals surface area contributed by atoms with E-state index < -0.39 is 22.9 Å². The molecule has 10 nitrogen and oxygen atoms in total. The van der Waals surface area contributed by atoms with Gasteiger partial charge in [0.2, 0.25) is 5.75 Å². The van der Waals surface area contributed by atoms with Crippen LogP contribution in [0.25, 0.3) is 0 Å². The minimum Gasteiger partial charge on any atom is -0.490 e. The van der Waals surface area contributed by atoms with Crippen LogP contribution >= 0.6 is 0 Å². The molecule has 0 saturated carbocycles. The number of rotatable bonds is 6. The van der Waals surface area contributed by atoms with Crippen LogP contribution in [0.2, 0.25) is 0 Å².